The third-order valence-electron chi connectivity index (χ3n) is 3.44. The molecular formula is C12H15FN2O2. The van der Waals surface area contributed by atoms with Crippen LogP contribution in [0.3, 0.4) is 0 Å². The van der Waals surface area contributed by atoms with Gasteiger partial charge >= 0.3 is 5.69 Å². The maximum absolute atomic E-state index is 13.3. The highest BCUT2D eigenvalue weighted by Crippen LogP contribution is 2.40. The van der Waals surface area contributed by atoms with Crippen LogP contribution in [0, 0.1) is 21.3 Å². The highest BCUT2D eigenvalue weighted by Gasteiger charge is 2.32. The third-order valence-corrected chi connectivity index (χ3v) is 3.44. The molecule has 0 radical (unpaired) electrons. The van der Waals surface area contributed by atoms with Crippen LogP contribution in [0.15, 0.2) is 18.2 Å². The SMILES string of the molecule is CC1(CNc2cccc(F)c2[N+](=O)[O-])CCC1. The predicted octanol–water partition coefficient (Wildman–Crippen LogP) is 3.34. The standard InChI is InChI=1S/C12H15FN2O2/c1-12(6-3-7-12)8-14-10-5-2-4-9(13)11(10)15(16)17/h2,4-5,14H,3,6-8H2,1H3. The molecule has 1 saturated carbocycles. The summed E-state index contributed by atoms with van der Waals surface area (Å²) in [5.74, 6) is -0.793. The first-order chi connectivity index (χ1) is 8.02. The van der Waals surface area contributed by atoms with E-state index >= 15 is 0 Å². The number of nitro groups is 1. The van der Waals surface area contributed by atoms with Gasteiger partial charge in [-0.3, -0.25) is 10.1 Å². The first kappa shape index (κ1) is 11.8. The van der Waals surface area contributed by atoms with Gasteiger partial charge in [0.25, 0.3) is 0 Å². The zero-order valence-electron chi connectivity index (χ0n) is 9.70. The van der Waals surface area contributed by atoms with Crippen molar-refractivity contribution >= 4 is 11.4 Å². The Morgan fingerprint density at radius 2 is 2.24 bits per heavy atom. The molecule has 0 heterocycles. The number of para-hydroxylation sites is 1. The molecule has 0 aliphatic heterocycles. The van der Waals surface area contributed by atoms with E-state index in [0.29, 0.717) is 6.54 Å². The molecule has 1 aliphatic rings. The van der Waals surface area contributed by atoms with Crippen molar-refractivity contribution in [2.24, 2.45) is 5.41 Å². The molecule has 0 amide bonds. The van der Waals surface area contributed by atoms with Crippen molar-refractivity contribution in [2.75, 3.05) is 11.9 Å². The van der Waals surface area contributed by atoms with Gasteiger partial charge in [-0.15, -0.1) is 0 Å². The summed E-state index contributed by atoms with van der Waals surface area (Å²) in [6, 6.07) is 4.13. The zero-order chi connectivity index (χ0) is 12.5. The van der Waals surface area contributed by atoms with E-state index in [-0.39, 0.29) is 11.1 Å². The number of hydrogen-bond donors (Lipinski definition) is 1. The number of hydrogen-bond acceptors (Lipinski definition) is 3. The van der Waals surface area contributed by atoms with Gasteiger partial charge in [0.15, 0.2) is 0 Å². The third kappa shape index (κ3) is 2.38. The second kappa shape index (κ2) is 4.31. The van der Waals surface area contributed by atoms with Crippen LogP contribution in [0.4, 0.5) is 15.8 Å². The molecule has 1 aliphatic carbocycles. The Hall–Kier alpha value is -1.65. The van der Waals surface area contributed by atoms with E-state index in [4.69, 9.17) is 0 Å². The number of anilines is 1. The molecule has 0 spiro atoms. The van der Waals surface area contributed by atoms with Gasteiger partial charge in [-0.25, -0.2) is 0 Å². The molecule has 92 valence electrons. The van der Waals surface area contributed by atoms with Crippen molar-refractivity contribution in [3.8, 4) is 0 Å². The maximum Gasteiger partial charge on any atom is 0.327 e. The lowest BCUT2D eigenvalue weighted by Crippen LogP contribution is -2.33. The first-order valence-electron chi connectivity index (χ1n) is 5.69. The van der Waals surface area contributed by atoms with Gasteiger partial charge in [0.1, 0.15) is 5.69 Å². The fourth-order valence-electron chi connectivity index (χ4n) is 2.11. The average molecular weight is 238 g/mol. The summed E-state index contributed by atoms with van der Waals surface area (Å²) in [7, 11) is 0. The summed E-state index contributed by atoms with van der Waals surface area (Å²) in [5, 5.41) is 13.8. The minimum absolute atomic E-state index is 0.195. The van der Waals surface area contributed by atoms with Gasteiger partial charge in [0, 0.05) is 6.54 Å². The Balaban J connectivity index is 2.15. The van der Waals surface area contributed by atoms with Crippen molar-refractivity contribution in [1.29, 1.82) is 0 Å². The number of nitrogens with zero attached hydrogens (tertiary/aromatic N) is 1. The number of nitro benzene ring substituents is 1. The highest BCUT2D eigenvalue weighted by molar-refractivity contribution is 5.62. The molecule has 1 aromatic rings. The lowest BCUT2D eigenvalue weighted by Gasteiger charge is -2.38. The van der Waals surface area contributed by atoms with Crippen LogP contribution in [0.25, 0.3) is 0 Å². The Labute approximate surface area is 99.0 Å². The van der Waals surface area contributed by atoms with E-state index in [1.54, 1.807) is 6.07 Å². The Bertz CT molecular complexity index is 444. The molecule has 0 atom stereocenters. The van der Waals surface area contributed by atoms with Crippen molar-refractivity contribution < 1.29 is 9.31 Å². The Morgan fingerprint density at radius 3 is 2.76 bits per heavy atom. The van der Waals surface area contributed by atoms with E-state index in [0.717, 1.165) is 18.9 Å². The first-order valence-corrected chi connectivity index (χ1v) is 5.69. The number of rotatable bonds is 4. The van der Waals surface area contributed by atoms with E-state index in [1.165, 1.54) is 12.5 Å². The Morgan fingerprint density at radius 1 is 1.53 bits per heavy atom. The van der Waals surface area contributed by atoms with Gasteiger partial charge < -0.3 is 5.32 Å². The van der Waals surface area contributed by atoms with E-state index in [1.807, 2.05) is 0 Å². The van der Waals surface area contributed by atoms with Crippen LogP contribution < -0.4 is 5.32 Å². The number of nitrogens with one attached hydrogen (secondary N) is 1. The number of benzene rings is 1. The predicted molar refractivity (Wildman–Crippen MR) is 63.5 cm³/mol. The van der Waals surface area contributed by atoms with Crippen molar-refractivity contribution in [3.63, 3.8) is 0 Å². The summed E-state index contributed by atoms with van der Waals surface area (Å²) >= 11 is 0. The second-order valence-electron chi connectivity index (χ2n) is 4.91. The normalized spacial score (nSPS) is 17.3. The fourth-order valence-corrected chi connectivity index (χ4v) is 2.11. The zero-order valence-corrected chi connectivity index (χ0v) is 9.70. The number of halogens is 1. The maximum atomic E-state index is 13.3. The molecule has 1 N–H and O–H groups in total. The van der Waals surface area contributed by atoms with Crippen molar-refractivity contribution in [2.45, 2.75) is 26.2 Å². The van der Waals surface area contributed by atoms with Crippen LogP contribution in [0.5, 0.6) is 0 Å². The molecule has 0 aromatic heterocycles. The van der Waals surface area contributed by atoms with E-state index in [2.05, 4.69) is 12.2 Å². The molecule has 1 aromatic carbocycles. The molecule has 17 heavy (non-hydrogen) atoms. The summed E-state index contributed by atoms with van der Waals surface area (Å²) in [6.07, 6.45) is 3.43. The second-order valence-corrected chi connectivity index (χ2v) is 4.91. The minimum Gasteiger partial charge on any atom is -0.379 e. The van der Waals surface area contributed by atoms with Crippen LogP contribution in [0.2, 0.25) is 0 Å². The van der Waals surface area contributed by atoms with Crippen LogP contribution >= 0.6 is 0 Å². The topological polar surface area (TPSA) is 55.2 Å². The quantitative estimate of drug-likeness (QED) is 0.646. The van der Waals surface area contributed by atoms with Crippen molar-refractivity contribution in [1.82, 2.24) is 0 Å². The molecule has 0 saturated heterocycles. The van der Waals surface area contributed by atoms with Crippen LogP contribution in [-0.2, 0) is 0 Å². The fraction of sp³-hybridized carbons (Fsp3) is 0.500. The molecule has 2 rings (SSSR count). The van der Waals surface area contributed by atoms with Gasteiger partial charge in [-0.05, 0) is 30.4 Å². The molecule has 4 nitrogen and oxygen atoms in total. The van der Waals surface area contributed by atoms with Crippen LogP contribution in [0.1, 0.15) is 26.2 Å². The minimum atomic E-state index is -0.793. The van der Waals surface area contributed by atoms with Gasteiger partial charge in [-0.2, -0.15) is 4.39 Å². The summed E-state index contributed by atoms with van der Waals surface area (Å²) in [5.41, 5.74) is -0.00116. The monoisotopic (exact) mass is 238 g/mol. The van der Waals surface area contributed by atoms with Crippen LogP contribution in [-0.4, -0.2) is 11.5 Å². The molecule has 1 fully saturated rings. The van der Waals surface area contributed by atoms with Crippen molar-refractivity contribution in [3.05, 3.63) is 34.1 Å². The molecular weight excluding hydrogens is 223 g/mol. The van der Waals surface area contributed by atoms with E-state index in [9.17, 15) is 14.5 Å². The largest absolute Gasteiger partial charge is 0.379 e. The summed E-state index contributed by atoms with van der Waals surface area (Å²) in [6.45, 7) is 2.78. The highest BCUT2D eigenvalue weighted by atomic mass is 19.1. The molecule has 5 heteroatoms. The lowest BCUT2D eigenvalue weighted by atomic mass is 9.70. The van der Waals surface area contributed by atoms with Gasteiger partial charge in [0.2, 0.25) is 5.82 Å². The van der Waals surface area contributed by atoms with Gasteiger partial charge in [0.05, 0.1) is 4.92 Å². The summed E-state index contributed by atoms with van der Waals surface area (Å²) < 4.78 is 13.3. The lowest BCUT2D eigenvalue weighted by molar-refractivity contribution is -0.386. The van der Waals surface area contributed by atoms with E-state index < -0.39 is 16.4 Å². The molecule has 0 unspecified atom stereocenters. The summed E-state index contributed by atoms with van der Waals surface area (Å²) in [4.78, 5) is 10.1. The van der Waals surface area contributed by atoms with Gasteiger partial charge in [-0.1, -0.05) is 19.4 Å². The Kier molecular flexibility index (Phi) is 3.00. The smallest absolute Gasteiger partial charge is 0.327 e. The molecule has 0 bridgehead atoms. The average Bonchev–Trinajstić information content (AvgIpc) is 2.23.